The van der Waals surface area contributed by atoms with Gasteiger partial charge in [0.15, 0.2) is 0 Å². The average Bonchev–Trinajstić information content (AvgIpc) is 1.87. The van der Waals surface area contributed by atoms with Gasteiger partial charge in [-0.25, -0.2) is 0 Å². The molecule has 2 amide bonds. The first-order valence-electron chi connectivity index (χ1n) is 2.86. The van der Waals surface area contributed by atoms with Crippen LogP contribution in [0.15, 0.2) is 12.2 Å². The number of hydrogen-bond donors (Lipinski definition) is 1. The first-order chi connectivity index (χ1) is 4.95. The molecule has 0 radical (unpaired) electrons. The fourth-order valence-corrected chi connectivity index (χ4v) is 0.501. The van der Waals surface area contributed by atoms with Crippen molar-refractivity contribution in [2.75, 3.05) is 6.54 Å². The number of carbonyl (C=O) groups excluding carboxylic acids is 2. The van der Waals surface area contributed by atoms with Crippen LogP contribution >= 0.6 is 11.8 Å². The Labute approximate surface area is 69.7 Å². The smallest absolute Gasteiger partial charge is 0.245 e. The molecule has 0 aliphatic heterocycles. The van der Waals surface area contributed by atoms with Crippen LogP contribution in [0.2, 0.25) is 0 Å². The van der Waals surface area contributed by atoms with E-state index in [2.05, 4.69) is 6.58 Å². The van der Waals surface area contributed by atoms with Crippen molar-refractivity contribution in [1.29, 1.82) is 0 Å². The number of hydrogen-bond acceptors (Lipinski definition) is 2. The maximum Gasteiger partial charge on any atom is 0.245 e. The lowest BCUT2D eigenvalue weighted by Gasteiger charge is -2.10. The van der Waals surface area contributed by atoms with Crippen molar-refractivity contribution in [3.8, 4) is 0 Å². The van der Waals surface area contributed by atoms with Gasteiger partial charge in [0.25, 0.3) is 0 Å². The number of carbonyl (C=O) groups is 2. The van der Waals surface area contributed by atoms with Gasteiger partial charge in [0, 0.05) is 24.3 Å². The molecule has 0 saturated carbocycles. The molecule has 0 atom stereocenters. The maximum absolute atomic E-state index is 10.5. The van der Waals surface area contributed by atoms with Crippen LogP contribution in [0.5, 0.6) is 0 Å². The molecule has 0 aliphatic rings. The number of nitrogens with two attached hydrogens (primary N) is 1. The largest absolute Gasteiger partial charge is 0.366 e. The summed E-state index contributed by atoms with van der Waals surface area (Å²) < 4.78 is 0.840. The summed E-state index contributed by atoms with van der Waals surface area (Å²) in [5.41, 5.74) is 4.96. The molecule has 0 aromatic rings. The number of halogens is 1. The summed E-state index contributed by atoms with van der Waals surface area (Å²) in [6.07, 6.45) is 0. The van der Waals surface area contributed by atoms with Crippen LogP contribution in [-0.4, -0.2) is 22.8 Å². The van der Waals surface area contributed by atoms with E-state index in [0.717, 1.165) is 4.42 Å². The van der Waals surface area contributed by atoms with Gasteiger partial charge in [0.1, 0.15) is 0 Å². The van der Waals surface area contributed by atoms with Gasteiger partial charge in [-0.15, -0.1) is 0 Å². The Morgan fingerprint density at radius 2 is 2.09 bits per heavy atom. The van der Waals surface area contributed by atoms with Gasteiger partial charge in [0.2, 0.25) is 11.8 Å². The average molecular weight is 177 g/mol. The normalized spacial score (nSPS) is 8.91. The predicted octanol–water partition coefficient (Wildman–Crippen LogP) is 0.0302. The molecule has 0 fully saturated rings. The molecule has 0 aromatic carbocycles. The lowest BCUT2D eigenvalue weighted by molar-refractivity contribution is -0.124. The van der Waals surface area contributed by atoms with Gasteiger partial charge in [-0.2, -0.15) is 0 Å². The van der Waals surface area contributed by atoms with E-state index in [1.54, 1.807) is 0 Å². The summed E-state index contributed by atoms with van der Waals surface area (Å²) in [6.45, 7) is 4.57. The standard InChI is InChI=1S/C6H9ClN2O2/c1-4(6(8)11)3-9(7)5(2)10/h1,3H2,2H3,(H2,8,11). The van der Waals surface area contributed by atoms with E-state index in [1.807, 2.05) is 0 Å². The number of primary amides is 1. The molecule has 4 nitrogen and oxygen atoms in total. The van der Waals surface area contributed by atoms with Gasteiger partial charge in [-0.3, -0.25) is 14.0 Å². The van der Waals surface area contributed by atoms with E-state index in [-0.39, 0.29) is 18.0 Å². The molecule has 0 bridgehead atoms. The van der Waals surface area contributed by atoms with Crippen molar-refractivity contribution >= 4 is 23.6 Å². The molecule has 0 unspecified atom stereocenters. The molecule has 5 heteroatoms. The monoisotopic (exact) mass is 176 g/mol. The minimum Gasteiger partial charge on any atom is -0.366 e. The Morgan fingerprint density at radius 3 is 2.36 bits per heavy atom. The second kappa shape index (κ2) is 3.98. The SMILES string of the molecule is C=C(CN(Cl)C(C)=O)C(N)=O. The molecule has 0 aromatic heterocycles. The van der Waals surface area contributed by atoms with Gasteiger partial charge in [-0.05, 0) is 0 Å². The lowest BCUT2D eigenvalue weighted by Crippen LogP contribution is -2.26. The minimum atomic E-state index is -0.656. The maximum atomic E-state index is 10.5. The van der Waals surface area contributed by atoms with Crippen molar-refractivity contribution in [1.82, 2.24) is 4.42 Å². The Balaban J connectivity index is 3.95. The zero-order valence-corrected chi connectivity index (χ0v) is 6.89. The highest BCUT2D eigenvalue weighted by Crippen LogP contribution is 1.99. The second-order valence-electron chi connectivity index (χ2n) is 2.01. The molecule has 0 saturated heterocycles. The molecule has 2 N–H and O–H groups in total. The van der Waals surface area contributed by atoms with E-state index in [4.69, 9.17) is 17.5 Å². The Hall–Kier alpha value is -1.03. The fourth-order valence-electron chi connectivity index (χ4n) is 0.357. The molecular formula is C6H9ClN2O2. The van der Waals surface area contributed by atoms with Gasteiger partial charge in [-0.1, -0.05) is 6.58 Å². The first kappa shape index (κ1) is 9.97. The zero-order valence-electron chi connectivity index (χ0n) is 6.13. The van der Waals surface area contributed by atoms with Crippen molar-refractivity contribution in [2.45, 2.75) is 6.92 Å². The van der Waals surface area contributed by atoms with Crippen LogP contribution in [0.3, 0.4) is 0 Å². The number of rotatable bonds is 3. The Morgan fingerprint density at radius 1 is 1.64 bits per heavy atom. The van der Waals surface area contributed by atoms with Crippen LogP contribution in [0.4, 0.5) is 0 Å². The molecule has 0 spiro atoms. The molecule has 0 aliphatic carbocycles. The van der Waals surface area contributed by atoms with Crippen LogP contribution in [0.1, 0.15) is 6.92 Å². The second-order valence-corrected chi connectivity index (χ2v) is 2.42. The number of amides is 2. The molecule has 0 heterocycles. The highest BCUT2D eigenvalue weighted by Gasteiger charge is 2.09. The lowest BCUT2D eigenvalue weighted by atomic mass is 10.3. The van der Waals surface area contributed by atoms with Crippen molar-refractivity contribution in [3.05, 3.63) is 12.2 Å². The van der Waals surface area contributed by atoms with E-state index < -0.39 is 5.91 Å². The molecule has 62 valence electrons. The summed E-state index contributed by atoms with van der Waals surface area (Å²) in [6, 6.07) is 0. The third kappa shape index (κ3) is 3.62. The minimum absolute atomic E-state index is 0.0355. The number of nitrogens with zero attached hydrogens (tertiary/aromatic N) is 1. The van der Waals surface area contributed by atoms with Gasteiger partial charge >= 0.3 is 0 Å². The Kier molecular flexibility index (Phi) is 3.60. The van der Waals surface area contributed by atoms with E-state index in [1.165, 1.54) is 6.92 Å². The van der Waals surface area contributed by atoms with Crippen LogP contribution in [-0.2, 0) is 9.59 Å². The fraction of sp³-hybridized carbons (Fsp3) is 0.333. The summed E-state index contributed by atoms with van der Waals surface area (Å²) in [4.78, 5) is 20.9. The molecule has 0 rings (SSSR count). The third-order valence-electron chi connectivity index (χ3n) is 1.02. The molecule has 11 heavy (non-hydrogen) atoms. The zero-order chi connectivity index (χ0) is 9.02. The van der Waals surface area contributed by atoms with E-state index >= 15 is 0 Å². The van der Waals surface area contributed by atoms with Crippen LogP contribution < -0.4 is 5.73 Å². The van der Waals surface area contributed by atoms with E-state index in [0.29, 0.717) is 0 Å². The summed E-state index contributed by atoms with van der Waals surface area (Å²) in [5, 5.41) is 0. The topological polar surface area (TPSA) is 63.4 Å². The molecular weight excluding hydrogens is 168 g/mol. The summed E-state index contributed by atoms with van der Waals surface area (Å²) in [7, 11) is 0. The summed E-state index contributed by atoms with van der Waals surface area (Å²) >= 11 is 5.37. The van der Waals surface area contributed by atoms with Crippen LogP contribution in [0, 0.1) is 0 Å². The highest BCUT2D eigenvalue weighted by molar-refractivity contribution is 6.21. The van der Waals surface area contributed by atoms with Crippen molar-refractivity contribution in [2.24, 2.45) is 5.73 Å². The van der Waals surface area contributed by atoms with Crippen LogP contribution in [0.25, 0.3) is 0 Å². The van der Waals surface area contributed by atoms with Gasteiger partial charge in [0.05, 0.1) is 6.54 Å². The first-order valence-corrected chi connectivity index (χ1v) is 3.20. The van der Waals surface area contributed by atoms with Crippen molar-refractivity contribution in [3.63, 3.8) is 0 Å². The summed E-state index contributed by atoms with van der Waals surface area (Å²) in [5.74, 6) is -1.01. The van der Waals surface area contributed by atoms with Crippen molar-refractivity contribution < 1.29 is 9.59 Å². The van der Waals surface area contributed by atoms with Gasteiger partial charge < -0.3 is 5.73 Å². The van der Waals surface area contributed by atoms with E-state index in [9.17, 15) is 9.59 Å². The Bertz CT molecular complexity index is 203. The predicted molar refractivity (Wildman–Crippen MR) is 41.6 cm³/mol. The third-order valence-corrected chi connectivity index (χ3v) is 1.38. The highest BCUT2D eigenvalue weighted by atomic mass is 35.5. The quantitative estimate of drug-likeness (QED) is 0.487.